The maximum absolute atomic E-state index is 13.0. The summed E-state index contributed by atoms with van der Waals surface area (Å²) in [5.41, 5.74) is 0. The lowest BCUT2D eigenvalue weighted by Crippen LogP contribution is -2.70. The van der Waals surface area contributed by atoms with Gasteiger partial charge in [-0.1, -0.05) is 12.0 Å². The van der Waals surface area contributed by atoms with Gasteiger partial charge >= 0.3 is 69.7 Å². The van der Waals surface area contributed by atoms with Gasteiger partial charge in [-0.15, -0.1) is 4.33 Å². The molecule has 0 amide bonds. The highest BCUT2D eigenvalue weighted by Gasteiger charge is 2.61. The highest BCUT2D eigenvalue weighted by atomic mass is 32.3. The van der Waals surface area contributed by atoms with E-state index in [1.807, 2.05) is 0 Å². The minimum Gasteiger partial charge on any atom is -0.479 e. The molecule has 0 spiro atoms. The van der Waals surface area contributed by atoms with Crippen LogP contribution in [0.5, 0.6) is 0 Å². The lowest BCUT2D eigenvalue weighted by molar-refractivity contribution is -0.435. The van der Waals surface area contributed by atoms with Crippen LogP contribution in [0.1, 0.15) is 6.92 Å². The van der Waals surface area contributed by atoms with E-state index in [0.29, 0.717) is 0 Å². The summed E-state index contributed by atoms with van der Waals surface area (Å²) >= 11 is -0.579. The van der Waals surface area contributed by atoms with Crippen LogP contribution in [0, 0.1) is 5.92 Å². The number of rotatable bonds is 32. The first kappa shape index (κ1) is 82.1. The van der Waals surface area contributed by atoms with E-state index in [9.17, 15) is 135 Å². The molecule has 30 unspecified atom stereocenters. The zero-order valence-corrected chi connectivity index (χ0v) is 53.0. The van der Waals surface area contributed by atoms with Gasteiger partial charge in [0.1, 0.15) is 116 Å². The first-order valence-electron chi connectivity index (χ1n) is 26.3. The molecule has 6 fully saturated rings. The lowest BCUT2D eigenvalue weighted by atomic mass is 9.91. The third-order valence-corrected chi connectivity index (χ3v) is 17.4. The average molecular weight is 1540 g/mol. The molecule has 0 radical (unpaired) electrons. The van der Waals surface area contributed by atoms with Gasteiger partial charge in [-0.05, 0) is 0 Å². The number of hydrogen-bond acceptors (Lipinski definition) is 42. The zero-order chi connectivity index (χ0) is 72.2. The molecule has 6 saturated heterocycles. The lowest BCUT2D eigenvalue weighted by Gasteiger charge is -2.50. The third kappa shape index (κ3) is 21.4. The van der Waals surface area contributed by atoms with Crippen LogP contribution < -0.4 is 9.44 Å². The van der Waals surface area contributed by atoms with Gasteiger partial charge < -0.3 is 118 Å². The van der Waals surface area contributed by atoms with Gasteiger partial charge in [-0.25, -0.2) is 32.2 Å². The van der Waals surface area contributed by atoms with Gasteiger partial charge in [-0.2, -0.15) is 51.5 Å². The molecule has 0 bridgehead atoms. The monoisotopic (exact) mass is 1540 g/mol. The van der Waals surface area contributed by atoms with Crippen molar-refractivity contribution in [3.63, 3.8) is 0 Å². The SMILES string of the molecule is COC1OC(COS(=O)(=O)O)C(OC2OC(C(=O)O)C(OC3OC(COS(=O)(=O)O)C(OC4OC(C(=O)O)C(OC5OC(COS(=O)(=O)O)C(OC6OC(C(=O)O)C(OC)C(O)C6O)C(O)C5C)C(O)C4O)C(OSOOO)C3NS(=O)(=O)O)C(O)C2O)C(O)C1NS(=O)(=O)O. The molecule has 6 aliphatic rings. The molecule has 57 heteroatoms. The van der Waals surface area contributed by atoms with Gasteiger partial charge in [-0.3, -0.25) is 26.9 Å². The maximum atomic E-state index is 13.0. The Kier molecular flexibility index (Phi) is 28.6. The molecule has 30 atom stereocenters. The fraction of sp³-hybridized carbons (Fsp3) is 0.923. The first-order chi connectivity index (χ1) is 44.3. The summed E-state index contributed by atoms with van der Waals surface area (Å²) in [7, 11) is -26.0. The second-order valence-electron chi connectivity index (χ2n) is 20.8. The largest absolute Gasteiger partial charge is 0.479 e. The molecule has 0 saturated carbocycles. The summed E-state index contributed by atoms with van der Waals surface area (Å²) in [5.74, 6) is -7.90. The number of carbonyl (C=O) groups is 3. The van der Waals surface area contributed by atoms with E-state index in [0.717, 1.165) is 21.1 Å². The highest BCUT2D eigenvalue weighted by Crippen LogP contribution is 2.40. The van der Waals surface area contributed by atoms with Crippen molar-refractivity contribution < 1.29 is 228 Å². The minimum atomic E-state index is -5.85. The van der Waals surface area contributed by atoms with Crippen molar-refractivity contribution in [3.8, 4) is 0 Å². The summed E-state index contributed by atoms with van der Waals surface area (Å²) in [6.07, 6.45) is -66.1. The van der Waals surface area contributed by atoms with E-state index in [1.54, 1.807) is 0 Å². The van der Waals surface area contributed by atoms with Gasteiger partial charge in [0.2, 0.25) is 0 Å². The summed E-state index contributed by atoms with van der Waals surface area (Å²) in [6, 6.07) is -4.92. The molecule has 560 valence electrons. The summed E-state index contributed by atoms with van der Waals surface area (Å²) < 4.78 is 264. The molecular weight excluding hydrogens is 1470 g/mol. The van der Waals surface area contributed by atoms with E-state index in [-0.39, 0.29) is 0 Å². The molecule has 96 heavy (non-hydrogen) atoms. The number of hydrogen-bond donors (Lipinski definition) is 19. The molecule has 51 nitrogen and oxygen atoms in total. The van der Waals surface area contributed by atoms with E-state index < -0.39 is 286 Å². The van der Waals surface area contributed by atoms with Crippen molar-refractivity contribution in [1.29, 1.82) is 0 Å². The number of ether oxygens (including phenoxy) is 13. The Morgan fingerprint density at radius 1 is 0.406 bits per heavy atom. The summed E-state index contributed by atoms with van der Waals surface area (Å²) in [5, 5.41) is 134. The van der Waals surface area contributed by atoms with Crippen molar-refractivity contribution in [2.24, 2.45) is 5.92 Å². The van der Waals surface area contributed by atoms with Gasteiger partial charge in [0.25, 0.3) is 0 Å². The molecule has 6 aliphatic heterocycles. The van der Waals surface area contributed by atoms with E-state index in [2.05, 4.69) is 21.9 Å². The number of aliphatic hydroxyl groups excluding tert-OH is 8. The molecule has 0 aromatic rings. The number of aliphatic carboxylic acids is 3. The number of nitrogens with one attached hydrogen (secondary N) is 2. The second kappa shape index (κ2) is 33.5. The van der Waals surface area contributed by atoms with Crippen LogP contribution in [0.2, 0.25) is 0 Å². The molecule has 0 aliphatic carbocycles. The summed E-state index contributed by atoms with van der Waals surface area (Å²) in [4.78, 5) is 38.0. The van der Waals surface area contributed by atoms with Crippen LogP contribution in [-0.2, 0) is 154 Å². The van der Waals surface area contributed by atoms with Crippen molar-refractivity contribution >= 4 is 82.0 Å². The van der Waals surface area contributed by atoms with Crippen LogP contribution in [0.4, 0.5) is 0 Å². The molecule has 6 rings (SSSR count). The average Bonchev–Trinajstić information content (AvgIpc) is 0.770. The normalized spacial score (nSPS) is 41.6. The Hall–Kier alpha value is -2.89. The zero-order valence-electron chi connectivity index (χ0n) is 48.1. The molecule has 0 aromatic heterocycles. The first-order valence-corrected chi connectivity index (χ1v) is 34.0. The number of aliphatic hydroxyl groups is 8. The highest BCUT2D eigenvalue weighted by molar-refractivity contribution is 7.89. The van der Waals surface area contributed by atoms with E-state index in [1.165, 1.54) is 9.44 Å². The van der Waals surface area contributed by atoms with E-state index in [4.69, 9.17) is 71.0 Å². The molecule has 0 aromatic carbocycles. The smallest absolute Gasteiger partial charge is 0.397 e. The third-order valence-electron chi connectivity index (χ3n) is 14.5. The molecular formula is C39H64N2O49S6. The Balaban J connectivity index is 1.31. The van der Waals surface area contributed by atoms with Crippen molar-refractivity contribution in [3.05, 3.63) is 0 Å². The fourth-order valence-corrected chi connectivity index (χ4v) is 12.8. The van der Waals surface area contributed by atoms with Crippen LogP contribution in [0.3, 0.4) is 0 Å². The van der Waals surface area contributed by atoms with Crippen LogP contribution in [0.25, 0.3) is 0 Å². The van der Waals surface area contributed by atoms with Crippen LogP contribution in [-0.4, -0.2) is 356 Å². The Bertz CT molecular complexity index is 3190. The van der Waals surface area contributed by atoms with Crippen LogP contribution >= 0.6 is 12.3 Å². The Labute approximate surface area is 542 Å². The number of methoxy groups -OCH3 is 2. The predicted octanol–water partition coefficient (Wildman–Crippen LogP) is -11.9. The fourth-order valence-electron chi connectivity index (χ4n) is 10.3. The van der Waals surface area contributed by atoms with Crippen molar-refractivity contribution in [2.45, 2.75) is 185 Å². The van der Waals surface area contributed by atoms with E-state index >= 15 is 0 Å². The van der Waals surface area contributed by atoms with Crippen molar-refractivity contribution in [2.75, 3.05) is 34.0 Å². The topological polar surface area (TPSA) is 765 Å². The Morgan fingerprint density at radius 3 is 1.14 bits per heavy atom. The molecule has 19 N–H and O–H groups in total. The number of carboxylic acids is 3. The van der Waals surface area contributed by atoms with Crippen LogP contribution in [0.15, 0.2) is 0 Å². The predicted molar refractivity (Wildman–Crippen MR) is 281 cm³/mol. The standard InChI is InChI=1S/C39H64N2O49S6/c1-7-13(42)21(80-37-18(47)15(44)25(72-2)28(85-37)31(50)51)8(4-74-94(63,64)65)77-34(7)83-26-16(45)20(49)39(87-29(26)32(52)53)82-23-10(6-76-96(69,70)71)79-36(12(41-93(60,61)62)24(23)88-91-90-89-56)84-27-17(46)19(48)38(86-30(27)33(54)55)81-22-9(5-75-95(66,67)68)78-35(73-3)11(14(22)43)40-92(57,58)59/h7-30,34-49,56H,4-6H2,1-3H3,(H,50,51)(H,52,53)(H,54,55)(H,57,58,59)(H,60,61,62)(H,63,64,65)(H,66,67,68)(H,69,70,71). The maximum Gasteiger partial charge on any atom is 0.397 e. The van der Waals surface area contributed by atoms with Gasteiger partial charge in [0.05, 0.1) is 25.9 Å². The minimum absolute atomic E-state index is 0.579. The Morgan fingerprint density at radius 2 is 0.750 bits per heavy atom. The summed E-state index contributed by atoms with van der Waals surface area (Å²) in [6.45, 7) is -3.47. The molecule has 6 heterocycles. The quantitative estimate of drug-likeness (QED) is 0.00978. The number of carboxylic acid groups (broad SMARTS) is 3. The van der Waals surface area contributed by atoms with Crippen molar-refractivity contribution in [1.82, 2.24) is 9.44 Å². The van der Waals surface area contributed by atoms with Gasteiger partial charge in [0.15, 0.2) is 68.4 Å². The second-order valence-corrected chi connectivity index (χ2v) is 26.9. The van der Waals surface area contributed by atoms with Gasteiger partial charge in [0, 0.05) is 20.1 Å².